The zero-order chi connectivity index (χ0) is 13.7. The van der Waals surface area contributed by atoms with Crippen LogP contribution in [0, 0.1) is 0 Å². The minimum Gasteiger partial charge on any atom is -0.376 e. The molecule has 1 aromatic heterocycles. The van der Waals surface area contributed by atoms with Crippen molar-refractivity contribution in [1.82, 2.24) is 10.3 Å². The Bertz CT molecular complexity index is 371. The van der Waals surface area contributed by atoms with Gasteiger partial charge in [0.05, 0.1) is 6.10 Å². The molecule has 0 radical (unpaired) electrons. The van der Waals surface area contributed by atoms with Crippen LogP contribution in [0.15, 0.2) is 18.3 Å². The van der Waals surface area contributed by atoms with E-state index in [1.54, 1.807) is 0 Å². The van der Waals surface area contributed by atoms with Crippen molar-refractivity contribution in [2.24, 2.45) is 0 Å². The van der Waals surface area contributed by atoms with Crippen LogP contribution < -0.4 is 10.2 Å². The van der Waals surface area contributed by atoms with Gasteiger partial charge in [0.1, 0.15) is 5.82 Å². The second-order valence-corrected chi connectivity index (χ2v) is 5.58. The lowest BCUT2D eigenvalue weighted by Crippen LogP contribution is -2.29. The first-order chi connectivity index (χ1) is 9.15. The first kappa shape index (κ1) is 14.3. The predicted molar refractivity (Wildman–Crippen MR) is 78.5 cm³/mol. The fraction of sp³-hybridized carbons (Fsp3) is 0.667. The second kappa shape index (κ2) is 6.87. The number of ether oxygens (including phenoxy) is 1. The summed E-state index contributed by atoms with van der Waals surface area (Å²) in [5.41, 5.74) is 1.22. The van der Waals surface area contributed by atoms with Crippen LogP contribution >= 0.6 is 0 Å². The average Bonchev–Trinajstić information content (AvgIpc) is 2.89. The van der Waals surface area contributed by atoms with Gasteiger partial charge in [0.25, 0.3) is 0 Å². The average molecular weight is 263 g/mol. The molecule has 1 saturated heterocycles. The van der Waals surface area contributed by atoms with E-state index in [0.717, 1.165) is 25.5 Å². The molecule has 1 aliphatic heterocycles. The third-order valence-electron chi connectivity index (χ3n) is 3.42. The van der Waals surface area contributed by atoms with Gasteiger partial charge in [-0.1, -0.05) is 19.9 Å². The Morgan fingerprint density at radius 2 is 2.32 bits per heavy atom. The van der Waals surface area contributed by atoms with Crippen LogP contribution in [-0.4, -0.2) is 37.3 Å². The van der Waals surface area contributed by atoms with Crippen molar-refractivity contribution in [3.05, 3.63) is 23.9 Å². The first-order valence-electron chi connectivity index (χ1n) is 7.16. The van der Waals surface area contributed by atoms with Crippen LogP contribution in [0.2, 0.25) is 0 Å². The molecule has 0 amide bonds. The molecule has 4 heteroatoms. The lowest BCUT2D eigenvalue weighted by Gasteiger charge is -2.21. The number of nitrogens with one attached hydrogen (secondary N) is 1. The minimum atomic E-state index is 0.370. The lowest BCUT2D eigenvalue weighted by atomic mass is 10.2. The number of nitrogens with zero attached hydrogens (tertiary/aromatic N) is 2. The van der Waals surface area contributed by atoms with Crippen LogP contribution in [0.3, 0.4) is 0 Å². The summed E-state index contributed by atoms with van der Waals surface area (Å²) in [6.45, 7) is 7.01. The number of hydrogen-bond donors (Lipinski definition) is 1. The number of anilines is 1. The van der Waals surface area contributed by atoms with Crippen LogP contribution in [0.25, 0.3) is 0 Å². The Morgan fingerprint density at radius 1 is 1.47 bits per heavy atom. The zero-order valence-corrected chi connectivity index (χ0v) is 12.2. The Balaban J connectivity index is 1.86. The molecule has 4 nitrogen and oxygen atoms in total. The van der Waals surface area contributed by atoms with E-state index in [4.69, 9.17) is 4.74 Å². The molecule has 19 heavy (non-hydrogen) atoms. The molecule has 1 unspecified atom stereocenters. The van der Waals surface area contributed by atoms with E-state index >= 15 is 0 Å². The molecule has 1 aromatic rings. The van der Waals surface area contributed by atoms with Crippen LogP contribution in [0.4, 0.5) is 5.82 Å². The summed E-state index contributed by atoms with van der Waals surface area (Å²) in [6.07, 6.45) is 4.68. The summed E-state index contributed by atoms with van der Waals surface area (Å²) in [4.78, 5) is 6.71. The topological polar surface area (TPSA) is 37.4 Å². The Kier molecular flexibility index (Phi) is 5.16. The molecular formula is C15H25N3O. The fourth-order valence-corrected chi connectivity index (χ4v) is 2.26. The molecule has 1 N–H and O–H groups in total. The molecule has 1 atom stereocenters. The van der Waals surface area contributed by atoms with Gasteiger partial charge in [0, 0.05) is 39.0 Å². The molecule has 0 aromatic carbocycles. The molecular weight excluding hydrogens is 238 g/mol. The highest BCUT2D eigenvalue weighted by Gasteiger charge is 2.17. The SMILES string of the molecule is CC(C)NCc1ccc(N(C)CC2CCCO2)nc1. The van der Waals surface area contributed by atoms with Crippen molar-refractivity contribution in [3.8, 4) is 0 Å². The van der Waals surface area contributed by atoms with Crippen LogP contribution in [-0.2, 0) is 11.3 Å². The second-order valence-electron chi connectivity index (χ2n) is 5.58. The number of hydrogen-bond acceptors (Lipinski definition) is 4. The molecule has 0 bridgehead atoms. The predicted octanol–water partition coefficient (Wildman–Crippen LogP) is 2.19. The Labute approximate surface area is 116 Å². The van der Waals surface area contributed by atoms with Gasteiger partial charge in [-0.2, -0.15) is 0 Å². The van der Waals surface area contributed by atoms with Gasteiger partial charge >= 0.3 is 0 Å². The van der Waals surface area contributed by atoms with Crippen molar-refractivity contribution < 1.29 is 4.74 Å². The number of aromatic nitrogens is 1. The number of likely N-dealkylation sites (N-methyl/N-ethyl adjacent to an activating group) is 1. The summed E-state index contributed by atoms with van der Waals surface area (Å²) in [7, 11) is 2.08. The van der Waals surface area contributed by atoms with Gasteiger partial charge in [-0.25, -0.2) is 4.98 Å². The Hall–Kier alpha value is -1.13. The lowest BCUT2D eigenvalue weighted by molar-refractivity contribution is 0.116. The van der Waals surface area contributed by atoms with Gasteiger partial charge < -0.3 is 15.0 Å². The number of rotatable bonds is 6. The highest BCUT2D eigenvalue weighted by atomic mass is 16.5. The van der Waals surface area contributed by atoms with Gasteiger partial charge in [-0.3, -0.25) is 0 Å². The van der Waals surface area contributed by atoms with E-state index in [0.29, 0.717) is 12.1 Å². The molecule has 0 aliphatic carbocycles. The monoisotopic (exact) mass is 263 g/mol. The van der Waals surface area contributed by atoms with Gasteiger partial charge in [-0.05, 0) is 24.5 Å². The summed E-state index contributed by atoms with van der Waals surface area (Å²) >= 11 is 0. The number of pyridine rings is 1. The maximum atomic E-state index is 5.65. The van der Waals surface area contributed by atoms with Crippen LogP contribution in [0.1, 0.15) is 32.3 Å². The summed E-state index contributed by atoms with van der Waals surface area (Å²) in [5.74, 6) is 1.02. The summed E-state index contributed by atoms with van der Waals surface area (Å²) in [5, 5.41) is 3.40. The van der Waals surface area contributed by atoms with E-state index < -0.39 is 0 Å². The molecule has 0 saturated carbocycles. The van der Waals surface area contributed by atoms with Gasteiger partial charge in [0.2, 0.25) is 0 Å². The maximum absolute atomic E-state index is 5.65. The molecule has 106 valence electrons. The summed E-state index contributed by atoms with van der Waals surface area (Å²) < 4.78 is 5.65. The van der Waals surface area contributed by atoms with E-state index in [1.807, 2.05) is 6.20 Å². The molecule has 1 aliphatic rings. The minimum absolute atomic E-state index is 0.370. The van der Waals surface area contributed by atoms with E-state index in [1.165, 1.54) is 18.4 Å². The highest BCUT2D eigenvalue weighted by Crippen LogP contribution is 2.16. The fourth-order valence-electron chi connectivity index (χ4n) is 2.26. The van der Waals surface area contributed by atoms with Crippen molar-refractivity contribution >= 4 is 5.82 Å². The maximum Gasteiger partial charge on any atom is 0.128 e. The standard InChI is InChI=1S/C15H25N3O/c1-12(2)16-9-13-6-7-15(17-10-13)18(3)11-14-5-4-8-19-14/h6-7,10,12,14,16H,4-5,8-9,11H2,1-3H3. The first-order valence-corrected chi connectivity index (χ1v) is 7.16. The molecule has 1 fully saturated rings. The Morgan fingerprint density at radius 3 is 2.89 bits per heavy atom. The summed E-state index contributed by atoms with van der Waals surface area (Å²) in [6, 6.07) is 4.73. The molecule has 0 spiro atoms. The van der Waals surface area contributed by atoms with Crippen molar-refractivity contribution in [2.75, 3.05) is 25.1 Å². The van der Waals surface area contributed by atoms with Crippen molar-refractivity contribution in [2.45, 2.75) is 45.4 Å². The smallest absolute Gasteiger partial charge is 0.128 e. The largest absolute Gasteiger partial charge is 0.376 e. The van der Waals surface area contributed by atoms with Crippen molar-refractivity contribution in [3.63, 3.8) is 0 Å². The zero-order valence-electron chi connectivity index (χ0n) is 12.2. The van der Waals surface area contributed by atoms with Crippen molar-refractivity contribution in [1.29, 1.82) is 0 Å². The van der Waals surface area contributed by atoms with E-state index in [-0.39, 0.29) is 0 Å². The normalized spacial score (nSPS) is 19.1. The highest BCUT2D eigenvalue weighted by molar-refractivity contribution is 5.38. The molecule has 2 rings (SSSR count). The van der Waals surface area contributed by atoms with Crippen LogP contribution in [0.5, 0.6) is 0 Å². The third-order valence-corrected chi connectivity index (χ3v) is 3.42. The van der Waals surface area contributed by atoms with E-state index in [9.17, 15) is 0 Å². The quantitative estimate of drug-likeness (QED) is 0.854. The van der Waals surface area contributed by atoms with E-state index in [2.05, 4.69) is 48.2 Å². The van der Waals surface area contributed by atoms with Gasteiger partial charge in [-0.15, -0.1) is 0 Å². The molecule has 2 heterocycles. The third kappa shape index (κ3) is 4.48. The van der Waals surface area contributed by atoms with Gasteiger partial charge in [0.15, 0.2) is 0 Å².